The largest absolute Gasteiger partial charge is 0.384 e. The monoisotopic (exact) mass is 252 g/mol. The maximum absolute atomic E-state index is 5.83. The molecule has 1 heterocycles. The lowest BCUT2D eigenvalue weighted by Gasteiger charge is -2.22. The maximum atomic E-state index is 5.83. The van der Waals surface area contributed by atoms with Gasteiger partial charge in [0, 0.05) is 32.2 Å². The number of nitrogens with two attached hydrogens (primary N) is 1. The van der Waals surface area contributed by atoms with Crippen molar-refractivity contribution in [1.29, 1.82) is 0 Å². The topological polar surface area (TPSA) is 64.3 Å². The van der Waals surface area contributed by atoms with Gasteiger partial charge in [0.2, 0.25) is 0 Å². The summed E-state index contributed by atoms with van der Waals surface area (Å²) < 4.78 is 5.38. The molecule has 0 unspecified atom stereocenters. The summed E-state index contributed by atoms with van der Waals surface area (Å²) in [5.74, 6) is 2.26. The average molecular weight is 252 g/mol. The van der Waals surface area contributed by atoms with E-state index in [4.69, 9.17) is 10.5 Å². The maximum Gasteiger partial charge on any atom is 0.134 e. The second-order valence-electron chi connectivity index (χ2n) is 4.09. The molecule has 1 aromatic rings. The van der Waals surface area contributed by atoms with Crippen LogP contribution in [0.25, 0.3) is 0 Å². The Hall–Kier alpha value is -1.36. The Morgan fingerprint density at radius 1 is 1.28 bits per heavy atom. The second kappa shape index (κ2) is 7.87. The predicted molar refractivity (Wildman–Crippen MR) is 74.8 cm³/mol. The van der Waals surface area contributed by atoms with Crippen molar-refractivity contribution in [2.45, 2.75) is 33.6 Å². The zero-order chi connectivity index (χ0) is 13.4. The zero-order valence-corrected chi connectivity index (χ0v) is 11.6. The molecule has 5 nitrogen and oxygen atoms in total. The van der Waals surface area contributed by atoms with Gasteiger partial charge in [-0.3, -0.25) is 0 Å². The van der Waals surface area contributed by atoms with E-state index in [0.29, 0.717) is 12.4 Å². The summed E-state index contributed by atoms with van der Waals surface area (Å²) in [5, 5.41) is 0. The summed E-state index contributed by atoms with van der Waals surface area (Å²) in [5.41, 5.74) is 5.83. The van der Waals surface area contributed by atoms with Crippen LogP contribution in [0.2, 0.25) is 0 Å². The number of hydrogen-bond donors (Lipinski definition) is 1. The van der Waals surface area contributed by atoms with Crippen molar-refractivity contribution in [2.75, 3.05) is 36.9 Å². The molecule has 0 fully saturated rings. The number of rotatable bonds is 8. The van der Waals surface area contributed by atoms with Crippen LogP contribution in [0.4, 0.5) is 11.6 Å². The summed E-state index contributed by atoms with van der Waals surface area (Å²) in [4.78, 5) is 11.0. The Balaban J connectivity index is 2.77. The molecular formula is C13H24N4O. The SMILES string of the molecule is CCCc1nc(N)cc(N(CC)CCOCC)n1. The minimum Gasteiger partial charge on any atom is -0.384 e. The van der Waals surface area contributed by atoms with Crippen LogP contribution in [0.15, 0.2) is 6.07 Å². The average Bonchev–Trinajstić information content (AvgIpc) is 2.34. The number of nitrogen functional groups attached to an aromatic ring is 1. The quantitative estimate of drug-likeness (QED) is 0.716. The van der Waals surface area contributed by atoms with E-state index in [9.17, 15) is 0 Å². The summed E-state index contributed by atoms with van der Waals surface area (Å²) in [7, 11) is 0. The van der Waals surface area contributed by atoms with Crippen LogP contribution in [0.3, 0.4) is 0 Å². The third-order valence-electron chi connectivity index (χ3n) is 2.67. The molecule has 18 heavy (non-hydrogen) atoms. The fourth-order valence-electron chi connectivity index (χ4n) is 1.75. The van der Waals surface area contributed by atoms with Gasteiger partial charge < -0.3 is 15.4 Å². The Morgan fingerprint density at radius 2 is 2.06 bits per heavy atom. The molecule has 0 spiro atoms. The van der Waals surface area contributed by atoms with E-state index in [-0.39, 0.29) is 0 Å². The molecule has 0 aliphatic heterocycles. The highest BCUT2D eigenvalue weighted by atomic mass is 16.5. The first-order valence-corrected chi connectivity index (χ1v) is 6.67. The van der Waals surface area contributed by atoms with Gasteiger partial charge in [0.1, 0.15) is 17.5 Å². The molecule has 0 aliphatic rings. The van der Waals surface area contributed by atoms with Crippen LogP contribution in [-0.4, -0.2) is 36.3 Å². The van der Waals surface area contributed by atoms with Crippen molar-refractivity contribution in [1.82, 2.24) is 9.97 Å². The third kappa shape index (κ3) is 4.49. The first-order valence-electron chi connectivity index (χ1n) is 6.67. The summed E-state index contributed by atoms with van der Waals surface area (Å²) in [6, 6.07) is 1.83. The van der Waals surface area contributed by atoms with Gasteiger partial charge in [-0.05, 0) is 20.3 Å². The molecule has 0 atom stereocenters. The van der Waals surface area contributed by atoms with Gasteiger partial charge in [-0.15, -0.1) is 0 Å². The van der Waals surface area contributed by atoms with Crippen molar-refractivity contribution in [2.24, 2.45) is 0 Å². The van der Waals surface area contributed by atoms with Crippen molar-refractivity contribution < 1.29 is 4.74 Å². The fraction of sp³-hybridized carbons (Fsp3) is 0.692. The van der Waals surface area contributed by atoms with Crippen molar-refractivity contribution in [3.05, 3.63) is 11.9 Å². The molecule has 0 saturated heterocycles. The van der Waals surface area contributed by atoms with Gasteiger partial charge in [-0.2, -0.15) is 0 Å². The van der Waals surface area contributed by atoms with Gasteiger partial charge in [0.15, 0.2) is 0 Å². The standard InChI is InChI=1S/C13H24N4O/c1-4-7-12-15-11(14)10-13(16-12)17(5-2)8-9-18-6-3/h10H,4-9H2,1-3H3,(H2,14,15,16). The van der Waals surface area contributed by atoms with Gasteiger partial charge >= 0.3 is 0 Å². The first kappa shape index (κ1) is 14.7. The lowest BCUT2D eigenvalue weighted by Crippen LogP contribution is -2.28. The van der Waals surface area contributed by atoms with Crippen LogP contribution in [0.1, 0.15) is 33.0 Å². The molecule has 0 amide bonds. The summed E-state index contributed by atoms with van der Waals surface area (Å²) in [6.45, 7) is 9.37. The van der Waals surface area contributed by atoms with E-state index in [2.05, 4.69) is 28.7 Å². The summed E-state index contributed by atoms with van der Waals surface area (Å²) >= 11 is 0. The van der Waals surface area contributed by atoms with E-state index in [1.807, 2.05) is 13.0 Å². The number of hydrogen-bond acceptors (Lipinski definition) is 5. The number of ether oxygens (including phenoxy) is 1. The molecule has 0 saturated carbocycles. The van der Waals surface area contributed by atoms with E-state index in [1.54, 1.807) is 0 Å². The van der Waals surface area contributed by atoms with Gasteiger partial charge in [0.05, 0.1) is 6.61 Å². The number of anilines is 2. The first-order chi connectivity index (χ1) is 8.71. The molecule has 0 aliphatic carbocycles. The van der Waals surface area contributed by atoms with Gasteiger partial charge in [0.25, 0.3) is 0 Å². The normalized spacial score (nSPS) is 10.6. The van der Waals surface area contributed by atoms with Crippen LogP contribution >= 0.6 is 0 Å². The summed E-state index contributed by atoms with van der Waals surface area (Å²) in [6.07, 6.45) is 1.88. The van der Waals surface area contributed by atoms with Crippen LogP contribution in [-0.2, 0) is 11.2 Å². The molecule has 2 N–H and O–H groups in total. The van der Waals surface area contributed by atoms with Crippen LogP contribution in [0, 0.1) is 0 Å². The van der Waals surface area contributed by atoms with Gasteiger partial charge in [-0.1, -0.05) is 6.92 Å². The molecule has 0 aromatic carbocycles. The van der Waals surface area contributed by atoms with Crippen LogP contribution in [0.5, 0.6) is 0 Å². The van der Waals surface area contributed by atoms with Crippen molar-refractivity contribution in [3.63, 3.8) is 0 Å². The second-order valence-corrected chi connectivity index (χ2v) is 4.09. The third-order valence-corrected chi connectivity index (χ3v) is 2.67. The number of nitrogens with zero attached hydrogens (tertiary/aromatic N) is 3. The fourth-order valence-corrected chi connectivity index (χ4v) is 1.75. The van der Waals surface area contributed by atoms with Crippen molar-refractivity contribution in [3.8, 4) is 0 Å². The predicted octanol–water partition coefficient (Wildman–Crippen LogP) is 1.87. The number of likely N-dealkylation sites (N-methyl/N-ethyl adjacent to an activating group) is 1. The highest BCUT2D eigenvalue weighted by Crippen LogP contribution is 2.14. The molecule has 5 heteroatoms. The Bertz CT molecular complexity index is 357. The van der Waals surface area contributed by atoms with E-state index < -0.39 is 0 Å². The number of aryl methyl sites for hydroxylation is 1. The van der Waals surface area contributed by atoms with E-state index in [1.165, 1.54) is 0 Å². The van der Waals surface area contributed by atoms with E-state index >= 15 is 0 Å². The van der Waals surface area contributed by atoms with Crippen molar-refractivity contribution >= 4 is 11.6 Å². The molecular weight excluding hydrogens is 228 g/mol. The lowest BCUT2D eigenvalue weighted by molar-refractivity contribution is 0.154. The van der Waals surface area contributed by atoms with Crippen LogP contribution < -0.4 is 10.6 Å². The Morgan fingerprint density at radius 3 is 2.67 bits per heavy atom. The minimum absolute atomic E-state index is 0.540. The zero-order valence-electron chi connectivity index (χ0n) is 11.6. The van der Waals surface area contributed by atoms with E-state index in [0.717, 1.165) is 44.2 Å². The minimum atomic E-state index is 0.540. The molecule has 0 bridgehead atoms. The Labute approximate surface area is 109 Å². The Kier molecular flexibility index (Phi) is 6.43. The smallest absolute Gasteiger partial charge is 0.134 e. The highest BCUT2D eigenvalue weighted by Gasteiger charge is 2.09. The number of aromatic nitrogens is 2. The molecule has 1 aromatic heterocycles. The molecule has 0 radical (unpaired) electrons. The molecule has 1 rings (SSSR count). The lowest BCUT2D eigenvalue weighted by atomic mass is 10.3. The molecule has 102 valence electrons. The van der Waals surface area contributed by atoms with Gasteiger partial charge in [-0.25, -0.2) is 9.97 Å². The highest BCUT2D eigenvalue weighted by molar-refractivity contribution is 5.46.